The molecule has 200 valence electrons. The standard InChI is InChI=1S/C31H32N4O3S/c1-22(23-9-4-3-5-10-23)32-30(36)25-21-24(33-31(37)29-13-8-20-39-29)14-15-26(25)34-16-18-35(19-17-34)27-11-6-7-12-28(27)38-2/h3-15,20-22H,16-19H2,1-2H3,(H,32,36)(H,33,37). The summed E-state index contributed by atoms with van der Waals surface area (Å²) in [7, 11) is 1.69. The number of thiophene rings is 1. The van der Waals surface area contributed by atoms with Crippen LogP contribution >= 0.6 is 11.3 Å². The fourth-order valence-electron chi connectivity index (χ4n) is 4.85. The molecule has 1 aliphatic rings. The molecule has 39 heavy (non-hydrogen) atoms. The number of hydrogen-bond donors (Lipinski definition) is 2. The lowest BCUT2D eigenvalue weighted by Crippen LogP contribution is -2.47. The highest BCUT2D eigenvalue weighted by Gasteiger charge is 2.24. The van der Waals surface area contributed by atoms with Crippen molar-refractivity contribution < 1.29 is 14.3 Å². The Balaban J connectivity index is 1.38. The van der Waals surface area contributed by atoms with Crippen LogP contribution in [0.3, 0.4) is 0 Å². The van der Waals surface area contributed by atoms with Crippen molar-refractivity contribution in [3.63, 3.8) is 0 Å². The molecule has 1 unspecified atom stereocenters. The van der Waals surface area contributed by atoms with Crippen LogP contribution in [-0.4, -0.2) is 45.1 Å². The second-order valence-electron chi connectivity index (χ2n) is 9.42. The number of nitrogens with one attached hydrogen (secondary N) is 2. The highest BCUT2D eigenvalue weighted by atomic mass is 32.1. The van der Waals surface area contributed by atoms with Crippen molar-refractivity contribution in [1.29, 1.82) is 0 Å². The summed E-state index contributed by atoms with van der Waals surface area (Å²) >= 11 is 1.38. The van der Waals surface area contributed by atoms with Crippen LogP contribution in [0.1, 0.15) is 38.6 Å². The molecule has 0 spiro atoms. The molecule has 0 saturated carbocycles. The van der Waals surface area contributed by atoms with Crippen molar-refractivity contribution >= 4 is 40.2 Å². The minimum atomic E-state index is -0.188. The zero-order valence-electron chi connectivity index (χ0n) is 22.1. The number of carbonyl (C=O) groups is 2. The fourth-order valence-corrected chi connectivity index (χ4v) is 5.47. The molecule has 2 N–H and O–H groups in total. The monoisotopic (exact) mass is 540 g/mol. The number of amides is 2. The van der Waals surface area contributed by atoms with E-state index in [0.717, 1.165) is 48.9 Å². The Morgan fingerprint density at radius 1 is 0.821 bits per heavy atom. The van der Waals surface area contributed by atoms with Gasteiger partial charge in [-0.3, -0.25) is 9.59 Å². The van der Waals surface area contributed by atoms with Crippen molar-refractivity contribution in [3.8, 4) is 5.75 Å². The van der Waals surface area contributed by atoms with Gasteiger partial charge in [0, 0.05) is 37.6 Å². The summed E-state index contributed by atoms with van der Waals surface area (Å²) in [6.45, 7) is 5.04. The molecule has 4 aromatic rings. The Kier molecular flexibility index (Phi) is 8.13. The SMILES string of the molecule is COc1ccccc1N1CCN(c2ccc(NC(=O)c3cccs3)cc2C(=O)NC(C)c2ccccc2)CC1. The first kappa shape index (κ1) is 26.3. The number of para-hydroxylation sites is 2. The molecule has 7 nitrogen and oxygen atoms in total. The average Bonchev–Trinajstić information content (AvgIpc) is 3.53. The van der Waals surface area contributed by atoms with Crippen molar-refractivity contribution in [1.82, 2.24) is 5.32 Å². The third-order valence-electron chi connectivity index (χ3n) is 6.94. The zero-order chi connectivity index (χ0) is 27.2. The predicted octanol–water partition coefficient (Wildman–Crippen LogP) is 5.83. The smallest absolute Gasteiger partial charge is 0.265 e. The summed E-state index contributed by atoms with van der Waals surface area (Å²) < 4.78 is 5.56. The minimum absolute atomic E-state index is 0.168. The topological polar surface area (TPSA) is 73.9 Å². The van der Waals surface area contributed by atoms with Crippen molar-refractivity contribution in [3.05, 3.63) is 106 Å². The van der Waals surface area contributed by atoms with Crippen LogP contribution in [0.25, 0.3) is 0 Å². The van der Waals surface area contributed by atoms with Gasteiger partial charge in [-0.1, -0.05) is 48.5 Å². The van der Waals surface area contributed by atoms with Crippen LogP contribution in [0.5, 0.6) is 5.75 Å². The molecule has 5 rings (SSSR count). The van der Waals surface area contributed by atoms with Gasteiger partial charge < -0.3 is 25.2 Å². The maximum absolute atomic E-state index is 13.7. The number of hydrogen-bond acceptors (Lipinski definition) is 6. The van der Waals surface area contributed by atoms with Crippen molar-refractivity contribution in [2.75, 3.05) is 48.4 Å². The normalized spacial score (nSPS) is 14.0. The lowest BCUT2D eigenvalue weighted by Gasteiger charge is -2.38. The van der Waals surface area contributed by atoms with Gasteiger partial charge in [-0.25, -0.2) is 0 Å². The summed E-state index contributed by atoms with van der Waals surface area (Å²) in [6, 6.07) is 27.0. The van der Waals surface area contributed by atoms with Crippen molar-refractivity contribution in [2.45, 2.75) is 13.0 Å². The molecule has 0 bridgehead atoms. The molecule has 0 radical (unpaired) electrons. The van der Waals surface area contributed by atoms with Gasteiger partial charge >= 0.3 is 0 Å². The van der Waals surface area contributed by atoms with E-state index in [4.69, 9.17) is 4.74 Å². The van der Waals surface area contributed by atoms with E-state index in [1.54, 1.807) is 19.2 Å². The van der Waals surface area contributed by atoms with E-state index in [-0.39, 0.29) is 17.9 Å². The number of nitrogens with zero attached hydrogens (tertiary/aromatic N) is 2. The Bertz CT molecular complexity index is 1420. The molecular weight excluding hydrogens is 508 g/mol. The summed E-state index contributed by atoms with van der Waals surface area (Å²) in [5.41, 5.74) is 4.07. The Hall–Kier alpha value is -4.30. The number of piperazine rings is 1. The second-order valence-corrected chi connectivity index (χ2v) is 10.4. The molecule has 1 fully saturated rings. The molecule has 1 aliphatic heterocycles. The molecular formula is C31H32N4O3S. The van der Waals surface area contributed by atoms with E-state index in [2.05, 4.69) is 26.5 Å². The first-order valence-corrected chi connectivity index (χ1v) is 13.9. The third-order valence-corrected chi connectivity index (χ3v) is 7.81. The fraction of sp³-hybridized carbons (Fsp3) is 0.226. The first-order valence-electron chi connectivity index (χ1n) is 13.0. The molecule has 2 heterocycles. The Morgan fingerprint density at radius 2 is 1.51 bits per heavy atom. The quantitative estimate of drug-likeness (QED) is 0.294. The number of carbonyl (C=O) groups excluding carboxylic acids is 2. The zero-order valence-corrected chi connectivity index (χ0v) is 22.9. The lowest BCUT2D eigenvalue weighted by molar-refractivity contribution is 0.0939. The number of benzene rings is 3. The summed E-state index contributed by atoms with van der Waals surface area (Å²) in [5, 5.41) is 7.96. The average molecular weight is 541 g/mol. The number of ether oxygens (including phenoxy) is 1. The largest absolute Gasteiger partial charge is 0.495 e. The van der Waals surface area contributed by atoms with Gasteiger partial charge in [0.1, 0.15) is 5.75 Å². The van der Waals surface area contributed by atoms with E-state index >= 15 is 0 Å². The van der Waals surface area contributed by atoms with Gasteiger partial charge in [0.15, 0.2) is 0 Å². The van der Waals surface area contributed by atoms with Gasteiger partial charge in [-0.05, 0) is 54.3 Å². The third kappa shape index (κ3) is 6.07. The number of rotatable bonds is 8. The molecule has 1 aromatic heterocycles. The minimum Gasteiger partial charge on any atom is -0.495 e. The van der Waals surface area contributed by atoms with Gasteiger partial charge in [-0.2, -0.15) is 0 Å². The van der Waals surface area contributed by atoms with Crippen LogP contribution < -0.4 is 25.2 Å². The van der Waals surface area contributed by atoms with E-state index < -0.39 is 0 Å². The lowest BCUT2D eigenvalue weighted by atomic mass is 10.1. The van der Waals surface area contributed by atoms with Crippen LogP contribution in [0.4, 0.5) is 17.1 Å². The van der Waals surface area contributed by atoms with Crippen molar-refractivity contribution in [2.24, 2.45) is 0 Å². The molecule has 3 aromatic carbocycles. The summed E-state index contributed by atoms with van der Waals surface area (Å²) in [6.07, 6.45) is 0. The highest BCUT2D eigenvalue weighted by molar-refractivity contribution is 7.12. The maximum Gasteiger partial charge on any atom is 0.265 e. The first-order chi connectivity index (χ1) is 19.0. The number of anilines is 3. The van der Waals surface area contributed by atoms with Gasteiger partial charge in [0.25, 0.3) is 11.8 Å². The van der Waals surface area contributed by atoms with Gasteiger partial charge in [-0.15, -0.1) is 11.3 Å². The maximum atomic E-state index is 13.7. The molecule has 2 amide bonds. The van der Waals surface area contributed by atoms with Crippen LogP contribution in [0, 0.1) is 0 Å². The number of methoxy groups -OCH3 is 1. The van der Waals surface area contributed by atoms with Crippen LogP contribution in [0.15, 0.2) is 90.3 Å². The van der Waals surface area contributed by atoms with Gasteiger partial charge in [0.2, 0.25) is 0 Å². The summed E-state index contributed by atoms with van der Waals surface area (Å²) in [4.78, 5) is 31.5. The van der Waals surface area contributed by atoms with E-state index in [1.807, 2.05) is 79.0 Å². The second kappa shape index (κ2) is 12.0. The summed E-state index contributed by atoms with van der Waals surface area (Å²) in [5.74, 6) is 0.486. The van der Waals surface area contributed by atoms with E-state index in [0.29, 0.717) is 16.1 Å². The predicted molar refractivity (Wildman–Crippen MR) is 158 cm³/mol. The van der Waals surface area contributed by atoms with E-state index in [1.165, 1.54) is 11.3 Å². The highest BCUT2D eigenvalue weighted by Crippen LogP contribution is 2.31. The van der Waals surface area contributed by atoms with Crippen LogP contribution in [0.2, 0.25) is 0 Å². The van der Waals surface area contributed by atoms with Crippen LogP contribution in [-0.2, 0) is 0 Å². The molecule has 0 aliphatic carbocycles. The molecule has 1 atom stereocenters. The Morgan fingerprint density at radius 3 is 2.21 bits per heavy atom. The Labute approximate surface area is 233 Å². The molecule has 8 heteroatoms. The molecule has 1 saturated heterocycles. The van der Waals surface area contributed by atoms with E-state index in [9.17, 15) is 9.59 Å². The van der Waals surface area contributed by atoms with Gasteiger partial charge in [0.05, 0.1) is 29.3 Å².